The average Bonchev–Trinajstić information content (AvgIpc) is 2.66. The zero-order chi connectivity index (χ0) is 19.6. The van der Waals surface area contributed by atoms with Crippen LogP contribution in [-0.2, 0) is 0 Å². The van der Waals surface area contributed by atoms with Crippen LogP contribution in [0.15, 0.2) is 53.0 Å². The molecule has 3 rings (SSSR count). The van der Waals surface area contributed by atoms with E-state index in [1.54, 1.807) is 29.0 Å². The molecule has 0 bridgehead atoms. The van der Waals surface area contributed by atoms with Gasteiger partial charge < -0.3 is 4.74 Å². The largest absolute Gasteiger partial charge is 0.483 e. The van der Waals surface area contributed by atoms with Gasteiger partial charge in [-0.05, 0) is 51.2 Å². The fourth-order valence-corrected chi connectivity index (χ4v) is 3.48. The second kappa shape index (κ2) is 7.42. The fraction of sp³-hybridized carbons (Fsp3) is 0.364. The number of likely N-dealkylation sites (N-methyl/N-ethyl adjacent to an activating group) is 1. The van der Waals surface area contributed by atoms with E-state index in [2.05, 4.69) is 24.8 Å². The third-order valence-electron chi connectivity index (χ3n) is 5.08. The number of ether oxygens (including phenoxy) is 1. The molecule has 0 fully saturated rings. The van der Waals surface area contributed by atoms with Gasteiger partial charge in [0.1, 0.15) is 11.4 Å². The van der Waals surface area contributed by atoms with Crippen LogP contribution in [-0.4, -0.2) is 34.7 Å². The normalized spacial score (nSPS) is 15.3. The number of nitrogens with zero attached hydrogens (tertiary/aromatic N) is 3. The quantitative estimate of drug-likeness (QED) is 0.816. The number of hydrogen-bond donors (Lipinski definition) is 0. The van der Waals surface area contributed by atoms with Crippen LogP contribution in [0.5, 0.6) is 5.75 Å². The highest BCUT2D eigenvalue weighted by Crippen LogP contribution is 2.41. The summed E-state index contributed by atoms with van der Waals surface area (Å²) in [4.78, 5) is 15.0. The van der Waals surface area contributed by atoms with E-state index in [9.17, 15) is 10.1 Å². The minimum atomic E-state index is -0.575. The standard InChI is InChI=1S/C22H25N3O2/c1-5-24(6-2)15-18-21(25-12-8-7-9-20(25)26)17-13-16(14-23)10-11-19(17)27-22(18,3)4/h7-13H,5-6,15H2,1-4H3. The van der Waals surface area contributed by atoms with E-state index in [1.807, 2.05) is 32.0 Å². The molecule has 2 aromatic rings. The Morgan fingerprint density at radius 2 is 1.93 bits per heavy atom. The Bertz CT molecular complexity index is 976. The lowest BCUT2D eigenvalue weighted by Gasteiger charge is -2.39. The second-order valence-corrected chi connectivity index (χ2v) is 7.13. The lowest BCUT2D eigenvalue weighted by atomic mass is 9.88. The number of pyridine rings is 1. The van der Waals surface area contributed by atoms with Crippen molar-refractivity contribution in [1.82, 2.24) is 9.47 Å². The minimum absolute atomic E-state index is 0.101. The van der Waals surface area contributed by atoms with E-state index in [4.69, 9.17) is 4.74 Å². The van der Waals surface area contributed by atoms with E-state index >= 15 is 0 Å². The molecule has 2 heterocycles. The maximum absolute atomic E-state index is 12.7. The molecule has 27 heavy (non-hydrogen) atoms. The van der Waals surface area contributed by atoms with Gasteiger partial charge in [0.05, 0.1) is 17.3 Å². The number of fused-ring (bicyclic) bond motifs is 1. The Hall–Kier alpha value is -2.84. The molecule has 0 saturated heterocycles. The third-order valence-corrected chi connectivity index (χ3v) is 5.08. The highest BCUT2D eigenvalue weighted by molar-refractivity contribution is 5.77. The molecule has 1 aliphatic heterocycles. The van der Waals surface area contributed by atoms with Crippen molar-refractivity contribution in [2.24, 2.45) is 0 Å². The van der Waals surface area contributed by atoms with Crippen LogP contribution < -0.4 is 10.3 Å². The first-order valence-electron chi connectivity index (χ1n) is 9.28. The van der Waals surface area contributed by atoms with Crippen molar-refractivity contribution in [3.8, 4) is 11.8 Å². The lowest BCUT2D eigenvalue weighted by molar-refractivity contribution is 0.131. The minimum Gasteiger partial charge on any atom is -0.483 e. The van der Waals surface area contributed by atoms with Crippen molar-refractivity contribution in [3.63, 3.8) is 0 Å². The molecule has 1 aromatic heterocycles. The Morgan fingerprint density at radius 1 is 1.19 bits per heavy atom. The summed E-state index contributed by atoms with van der Waals surface area (Å²) in [7, 11) is 0. The Morgan fingerprint density at radius 3 is 2.56 bits per heavy atom. The average molecular weight is 363 g/mol. The van der Waals surface area contributed by atoms with Gasteiger partial charge >= 0.3 is 0 Å². The SMILES string of the molecule is CCN(CC)CC1=C(n2ccccc2=O)c2cc(C#N)ccc2OC1(C)C. The number of benzene rings is 1. The van der Waals surface area contributed by atoms with E-state index in [1.165, 1.54) is 0 Å². The zero-order valence-electron chi connectivity index (χ0n) is 16.3. The van der Waals surface area contributed by atoms with Crippen LogP contribution in [0.25, 0.3) is 5.70 Å². The summed E-state index contributed by atoms with van der Waals surface area (Å²) in [5.74, 6) is 0.688. The first kappa shape index (κ1) is 18.9. The maximum Gasteiger partial charge on any atom is 0.255 e. The van der Waals surface area contributed by atoms with Crippen LogP contribution in [0.1, 0.15) is 38.8 Å². The summed E-state index contributed by atoms with van der Waals surface area (Å²) < 4.78 is 7.97. The summed E-state index contributed by atoms with van der Waals surface area (Å²) in [6, 6.07) is 12.7. The molecule has 140 valence electrons. The predicted molar refractivity (Wildman–Crippen MR) is 107 cm³/mol. The van der Waals surface area contributed by atoms with Gasteiger partial charge in [-0.25, -0.2) is 0 Å². The van der Waals surface area contributed by atoms with E-state index in [-0.39, 0.29) is 5.56 Å². The van der Waals surface area contributed by atoms with Crippen LogP contribution >= 0.6 is 0 Å². The molecular weight excluding hydrogens is 338 g/mol. The van der Waals surface area contributed by atoms with Crippen LogP contribution in [0, 0.1) is 11.3 Å². The molecular formula is C22H25N3O2. The first-order valence-corrected chi connectivity index (χ1v) is 9.28. The highest BCUT2D eigenvalue weighted by atomic mass is 16.5. The molecule has 0 spiro atoms. The van der Waals surface area contributed by atoms with Gasteiger partial charge in [-0.15, -0.1) is 0 Å². The fourth-order valence-electron chi connectivity index (χ4n) is 3.48. The predicted octanol–water partition coefficient (Wildman–Crippen LogP) is 3.49. The number of nitriles is 1. The summed E-state index contributed by atoms with van der Waals surface area (Å²) in [6.07, 6.45) is 1.78. The highest BCUT2D eigenvalue weighted by Gasteiger charge is 2.36. The molecule has 5 nitrogen and oxygen atoms in total. The van der Waals surface area contributed by atoms with E-state index in [0.29, 0.717) is 17.9 Å². The molecule has 5 heteroatoms. The molecule has 0 unspecified atom stereocenters. The molecule has 0 N–H and O–H groups in total. The third kappa shape index (κ3) is 3.54. The number of hydrogen-bond acceptors (Lipinski definition) is 4. The lowest BCUT2D eigenvalue weighted by Crippen LogP contribution is -2.42. The van der Waals surface area contributed by atoms with Crippen LogP contribution in [0.2, 0.25) is 0 Å². The zero-order valence-corrected chi connectivity index (χ0v) is 16.3. The number of aromatic nitrogens is 1. The topological polar surface area (TPSA) is 58.3 Å². The first-order chi connectivity index (χ1) is 12.9. The van der Waals surface area contributed by atoms with Gasteiger partial charge in [-0.1, -0.05) is 19.9 Å². The molecule has 0 atom stereocenters. The van der Waals surface area contributed by atoms with Gasteiger partial charge in [0.2, 0.25) is 0 Å². The van der Waals surface area contributed by atoms with Crippen molar-refractivity contribution < 1.29 is 4.74 Å². The summed E-state index contributed by atoms with van der Waals surface area (Å²) in [5, 5.41) is 9.36. The van der Waals surface area contributed by atoms with E-state index < -0.39 is 5.60 Å². The van der Waals surface area contributed by atoms with Gasteiger partial charge in [0.25, 0.3) is 5.56 Å². The summed E-state index contributed by atoms with van der Waals surface area (Å²) in [6.45, 7) is 10.8. The molecule has 0 saturated carbocycles. The Labute approximate surface area is 160 Å². The van der Waals surface area contributed by atoms with Gasteiger partial charge in [-0.3, -0.25) is 14.3 Å². The Balaban J connectivity index is 2.35. The van der Waals surface area contributed by atoms with Crippen LogP contribution in [0.3, 0.4) is 0 Å². The van der Waals surface area contributed by atoms with Gasteiger partial charge in [-0.2, -0.15) is 5.26 Å². The van der Waals surface area contributed by atoms with Crippen molar-refractivity contribution >= 4 is 5.70 Å². The van der Waals surface area contributed by atoms with Crippen molar-refractivity contribution in [2.75, 3.05) is 19.6 Å². The molecule has 1 aromatic carbocycles. The van der Waals surface area contributed by atoms with Crippen molar-refractivity contribution in [3.05, 3.63) is 69.6 Å². The summed E-state index contributed by atoms with van der Waals surface area (Å²) >= 11 is 0. The molecule has 0 radical (unpaired) electrons. The van der Waals surface area contributed by atoms with Gasteiger partial charge in [0.15, 0.2) is 0 Å². The maximum atomic E-state index is 12.7. The van der Waals surface area contributed by atoms with Crippen LogP contribution in [0.4, 0.5) is 0 Å². The van der Waals surface area contributed by atoms with E-state index in [0.717, 1.165) is 29.9 Å². The molecule has 1 aliphatic rings. The van der Waals surface area contributed by atoms with Crippen molar-refractivity contribution in [2.45, 2.75) is 33.3 Å². The smallest absolute Gasteiger partial charge is 0.255 e. The molecule has 0 amide bonds. The van der Waals surface area contributed by atoms with Crippen molar-refractivity contribution in [1.29, 1.82) is 5.26 Å². The number of rotatable bonds is 5. The second-order valence-electron chi connectivity index (χ2n) is 7.13. The molecule has 0 aliphatic carbocycles. The monoisotopic (exact) mass is 363 g/mol. The Kier molecular flexibility index (Phi) is 5.20. The summed E-state index contributed by atoms with van der Waals surface area (Å²) in [5.41, 5.74) is 2.49. The van der Waals surface area contributed by atoms with Gasteiger partial charge in [0, 0.05) is 29.9 Å².